The van der Waals surface area contributed by atoms with E-state index in [0.717, 1.165) is 42.2 Å². The first-order valence-electron chi connectivity index (χ1n) is 8.04. The number of hydrogen-bond donors (Lipinski definition) is 1. The van der Waals surface area contributed by atoms with Gasteiger partial charge in [0.1, 0.15) is 5.82 Å². The number of amides is 1. The lowest BCUT2D eigenvalue weighted by Crippen LogP contribution is -2.43. The summed E-state index contributed by atoms with van der Waals surface area (Å²) >= 11 is 1.71. The average molecular weight is 329 g/mol. The topological polar surface area (TPSA) is 46.9 Å². The Kier molecular flexibility index (Phi) is 5.06. The monoisotopic (exact) mass is 329 g/mol. The average Bonchev–Trinajstić information content (AvgIpc) is 2.92. The molecule has 2 atom stereocenters. The van der Waals surface area contributed by atoms with Crippen molar-refractivity contribution in [3.63, 3.8) is 0 Å². The smallest absolute Gasteiger partial charge is 0.228 e. The van der Waals surface area contributed by atoms with Crippen LogP contribution in [0.25, 0.3) is 0 Å². The fourth-order valence-corrected chi connectivity index (χ4v) is 3.86. The van der Waals surface area contributed by atoms with E-state index >= 15 is 0 Å². The van der Waals surface area contributed by atoms with Crippen LogP contribution in [0.15, 0.2) is 36.5 Å². The van der Waals surface area contributed by atoms with Crippen LogP contribution >= 0.6 is 11.8 Å². The van der Waals surface area contributed by atoms with Crippen LogP contribution in [-0.2, 0) is 17.8 Å². The number of imidazole rings is 1. The zero-order chi connectivity index (χ0) is 16.2. The Labute approximate surface area is 141 Å². The third-order valence-electron chi connectivity index (χ3n) is 4.31. The van der Waals surface area contributed by atoms with Crippen LogP contribution < -0.4 is 5.32 Å². The van der Waals surface area contributed by atoms with Crippen LogP contribution in [0, 0.1) is 6.92 Å². The molecule has 122 valence electrons. The molecule has 0 fully saturated rings. The number of aryl methyl sites for hydroxylation is 2. The molecule has 1 aliphatic rings. The third-order valence-corrected chi connectivity index (χ3v) is 4.98. The highest BCUT2D eigenvalue weighted by atomic mass is 32.2. The minimum atomic E-state index is -0.0860. The standard InChI is InChI=1S/C18H23N3OS/c1-13-10-21-11-15(8-9-17(21)19-13)20-18(22)16(12-23-2)14-6-4-3-5-7-14/h3-7,10,15-16H,8-9,11-12H2,1-2H3,(H,20,22). The van der Waals surface area contributed by atoms with Crippen molar-refractivity contribution in [2.75, 3.05) is 12.0 Å². The van der Waals surface area contributed by atoms with Gasteiger partial charge in [0.25, 0.3) is 0 Å². The lowest BCUT2D eigenvalue weighted by Gasteiger charge is -2.27. The van der Waals surface area contributed by atoms with E-state index in [4.69, 9.17) is 0 Å². The Balaban J connectivity index is 1.68. The summed E-state index contributed by atoms with van der Waals surface area (Å²) in [5, 5.41) is 3.25. The second-order valence-corrected chi connectivity index (χ2v) is 7.02. The Morgan fingerprint density at radius 2 is 2.22 bits per heavy atom. The van der Waals surface area contributed by atoms with Gasteiger partial charge in [-0.3, -0.25) is 4.79 Å². The summed E-state index contributed by atoms with van der Waals surface area (Å²) in [6.45, 7) is 2.84. The normalized spacial score (nSPS) is 18.3. The molecule has 1 amide bonds. The summed E-state index contributed by atoms with van der Waals surface area (Å²) in [5.74, 6) is 1.99. The van der Waals surface area contributed by atoms with E-state index in [1.165, 1.54) is 0 Å². The molecule has 2 heterocycles. The van der Waals surface area contributed by atoms with Crippen molar-refractivity contribution in [1.82, 2.24) is 14.9 Å². The van der Waals surface area contributed by atoms with Crippen LogP contribution in [0.2, 0.25) is 0 Å². The lowest BCUT2D eigenvalue weighted by atomic mass is 9.99. The number of carbonyl (C=O) groups excluding carboxylic acids is 1. The van der Waals surface area contributed by atoms with Crippen molar-refractivity contribution >= 4 is 17.7 Å². The Morgan fingerprint density at radius 3 is 2.96 bits per heavy atom. The van der Waals surface area contributed by atoms with Gasteiger partial charge in [-0.1, -0.05) is 30.3 Å². The van der Waals surface area contributed by atoms with Crippen molar-refractivity contribution < 1.29 is 4.79 Å². The lowest BCUT2D eigenvalue weighted by molar-refractivity contribution is -0.123. The van der Waals surface area contributed by atoms with E-state index in [1.54, 1.807) is 11.8 Å². The fourth-order valence-electron chi connectivity index (χ4n) is 3.18. The molecule has 4 nitrogen and oxygen atoms in total. The minimum absolute atomic E-state index is 0.0860. The van der Waals surface area contributed by atoms with Gasteiger partial charge in [-0.2, -0.15) is 11.8 Å². The highest BCUT2D eigenvalue weighted by Gasteiger charge is 2.25. The first-order valence-corrected chi connectivity index (χ1v) is 9.43. The van der Waals surface area contributed by atoms with E-state index in [-0.39, 0.29) is 17.9 Å². The third kappa shape index (κ3) is 3.78. The molecule has 2 aromatic rings. The van der Waals surface area contributed by atoms with Gasteiger partial charge in [-0.05, 0) is 25.2 Å². The quantitative estimate of drug-likeness (QED) is 0.917. The predicted molar refractivity (Wildman–Crippen MR) is 94.8 cm³/mol. The van der Waals surface area contributed by atoms with E-state index in [2.05, 4.69) is 21.1 Å². The number of nitrogens with zero attached hydrogens (tertiary/aromatic N) is 2. The zero-order valence-electron chi connectivity index (χ0n) is 13.7. The number of nitrogens with one attached hydrogen (secondary N) is 1. The maximum absolute atomic E-state index is 12.8. The molecule has 0 saturated carbocycles. The largest absolute Gasteiger partial charge is 0.351 e. The van der Waals surface area contributed by atoms with Gasteiger partial charge in [0, 0.05) is 31.0 Å². The maximum atomic E-state index is 12.8. The first-order chi connectivity index (χ1) is 11.2. The SMILES string of the molecule is CSCC(C(=O)NC1CCc2nc(C)cn2C1)c1ccccc1. The molecule has 1 N–H and O–H groups in total. The summed E-state index contributed by atoms with van der Waals surface area (Å²) in [4.78, 5) is 17.3. The van der Waals surface area contributed by atoms with E-state index < -0.39 is 0 Å². The van der Waals surface area contributed by atoms with Crippen molar-refractivity contribution in [3.8, 4) is 0 Å². The summed E-state index contributed by atoms with van der Waals surface area (Å²) in [7, 11) is 0. The summed E-state index contributed by atoms with van der Waals surface area (Å²) in [5.41, 5.74) is 2.14. The van der Waals surface area contributed by atoms with Crippen molar-refractivity contribution in [2.24, 2.45) is 0 Å². The van der Waals surface area contributed by atoms with Crippen molar-refractivity contribution in [1.29, 1.82) is 0 Å². The number of aromatic nitrogens is 2. The van der Waals surface area contributed by atoms with Gasteiger partial charge in [0.2, 0.25) is 5.91 Å². The highest BCUT2D eigenvalue weighted by Crippen LogP contribution is 2.21. The van der Waals surface area contributed by atoms with Crippen LogP contribution in [-0.4, -0.2) is 33.5 Å². The Bertz CT molecular complexity index is 668. The van der Waals surface area contributed by atoms with Crippen molar-refractivity contribution in [3.05, 3.63) is 53.6 Å². The predicted octanol–water partition coefficient (Wildman–Crippen LogP) is 2.77. The molecule has 1 aliphatic heterocycles. The van der Waals surface area contributed by atoms with Crippen LogP contribution in [0.3, 0.4) is 0 Å². The number of carbonyl (C=O) groups is 1. The molecule has 23 heavy (non-hydrogen) atoms. The minimum Gasteiger partial charge on any atom is -0.351 e. The maximum Gasteiger partial charge on any atom is 0.228 e. The van der Waals surface area contributed by atoms with Gasteiger partial charge in [0.15, 0.2) is 0 Å². The van der Waals surface area contributed by atoms with E-state index in [1.807, 2.05) is 43.5 Å². The van der Waals surface area contributed by atoms with Gasteiger partial charge < -0.3 is 9.88 Å². The van der Waals surface area contributed by atoms with Gasteiger partial charge >= 0.3 is 0 Å². The van der Waals surface area contributed by atoms with Crippen LogP contribution in [0.4, 0.5) is 0 Å². The molecule has 5 heteroatoms. The van der Waals surface area contributed by atoms with Crippen LogP contribution in [0.5, 0.6) is 0 Å². The molecule has 3 rings (SSSR count). The summed E-state index contributed by atoms with van der Waals surface area (Å²) in [6.07, 6.45) is 6.01. The molecule has 1 aromatic carbocycles. The number of thioether (sulfide) groups is 1. The molecule has 0 spiro atoms. The number of rotatable bonds is 5. The van der Waals surface area contributed by atoms with E-state index in [9.17, 15) is 4.79 Å². The molecule has 1 aromatic heterocycles. The number of fused-ring (bicyclic) bond motifs is 1. The zero-order valence-corrected chi connectivity index (χ0v) is 14.5. The van der Waals surface area contributed by atoms with Crippen molar-refractivity contribution in [2.45, 2.75) is 38.3 Å². The van der Waals surface area contributed by atoms with Crippen LogP contribution in [0.1, 0.15) is 29.4 Å². The van der Waals surface area contributed by atoms with Gasteiger partial charge in [-0.15, -0.1) is 0 Å². The number of hydrogen-bond acceptors (Lipinski definition) is 3. The Hall–Kier alpha value is -1.75. The molecular formula is C18H23N3OS. The molecule has 0 aliphatic carbocycles. The molecule has 0 radical (unpaired) electrons. The summed E-state index contributed by atoms with van der Waals surface area (Å²) in [6, 6.07) is 10.3. The second kappa shape index (κ2) is 7.21. The second-order valence-electron chi connectivity index (χ2n) is 6.11. The first kappa shape index (κ1) is 16.1. The van der Waals surface area contributed by atoms with Gasteiger partial charge in [0.05, 0.1) is 11.6 Å². The molecule has 0 saturated heterocycles. The van der Waals surface area contributed by atoms with E-state index in [0.29, 0.717) is 0 Å². The fraction of sp³-hybridized carbons (Fsp3) is 0.444. The highest BCUT2D eigenvalue weighted by molar-refractivity contribution is 7.98. The van der Waals surface area contributed by atoms with Gasteiger partial charge in [-0.25, -0.2) is 4.98 Å². The molecule has 2 unspecified atom stereocenters. The number of benzene rings is 1. The Morgan fingerprint density at radius 1 is 1.43 bits per heavy atom. The molecule has 0 bridgehead atoms. The molecular weight excluding hydrogens is 306 g/mol. The summed E-state index contributed by atoms with van der Waals surface area (Å²) < 4.78 is 2.18.